The van der Waals surface area contributed by atoms with E-state index in [2.05, 4.69) is 74.5 Å². The summed E-state index contributed by atoms with van der Waals surface area (Å²) in [7, 11) is 0. The minimum Gasteiger partial charge on any atom is -0.295 e. The van der Waals surface area contributed by atoms with Gasteiger partial charge < -0.3 is 0 Å². The molecule has 1 aliphatic carbocycles. The zero-order valence-electron chi connectivity index (χ0n) is 18.8. The van der Waals surface area contributed by atoms with Gasteiger partial charge in [0.2, 0.25) is 0 Å². The molecule has 0 unspecified atom stereocenters. The fourth-order valence-corrected chi connectivity index (χ4v) is 4.80. The third kappa shape index (κ3) is 4.54. The van der Waals surface area contributed by atoms with Crippen LogP contribution in [0.1, 0.15) is 53.6 Å². The van der Waals surface area contributed by atoms with Crippen LogP contribution < -0.4 is 0 Å². The van der Waals surface area contributed by atoms with Crippen LogP contribution in [0.4, 0.5) is 0 Å². The second kappa shape index (κ2) is 9.54. The molecule has 1 aliphatic rings. The number of hydrogen-bond acceptors (Lipinski definition) is 1. The Morgan fingerprint density at radius 2 is 1.75 bits per heavy atom. The number of hydrogen-bond donors (Lipinski definition) is 0. The summed E-state index contributed by atoms with van der Waals surface area (Å²) in [5.74, 6) is 0.0472. The zero-order chi connectivity index (χ0) is 22.7. The molecule has 0 amide bonds. The Morgan fingerprint density at radius 1 is 1.00 bits per heavy atom. The molecule has 160 valence electrons. The second-order valence-corrected chi connectivity index (χ2v) is 8.66. The van der Waals surface area contributed by atoms with Crippen LogP contribution in [0, 0.1) is 6.92 Å². The first kappa shape index (κ1) is 22.0. The molecular formula is C30H27ClO. The summed E-state index contributed by atoms with van der Waals surface area (Å²) in [4.78, 5) is 11.3. The normalized spacial score (nSPS) is 13.7. The lowest BCUT2D eigenvalue weighted by Crippen LogP contribution is -1.99. The lowest BCUT2D eigenvalue weighted by atomic mass is 9.85. The van der Waals surface area contributed by atoms with E-state index in [0.29, 0.717) is 0 Å². The van der Waals surface area contributed by atoms with Crippen LogP contribution in [0.15, 0.2) is 78.4 Å². The molecule has 0 spiro atoms. The average molecular weight is 439 g/mol. The van der Waals surface area contributed by atoms with Crippen molar-refractivity contribution in [1.82, 2.24) is 0 Å². The molecule has 0 aromatic heterocycles. The largest absolute Gasteiger partial charge is 0.295 e. The Bertz CT molecular complexity index is 1240. The van der Waals surface area contributed by atoms with Crippen molar-refractivity contribution in [3.8, 4) is 0 Å². The predicted molar refractivity (Wildman–Crippen MR) is 138 cm³/mol. The van der Waals surface area contributed by atoms with Gasteiger partial charge in [0.05, 0.1) is 0 Å². The highest BCUT2D eigenvalue weighted by molar-refractivity contribution is 6.33. The van der Waals surface area contributed by atoms with Crippen LogP contribution in [0.3, 0.4) is 0 Å². The van der Waals surface area contributed by atoms with Crippen molar-refractivity contribution >= 4 is 40.7 Å². The summed E-state index contributed by atoms with van der Waals surface area (Å²) in [5.41, 5.74) is 11.0. The molecule has 3 aromatic rings. The number of fused-ring (bicyclic) bond motifs is 1. The number of carbonyl (C=O) groups is 1. The highest BCUT2D eigenvalue weighted by atomic mass is 35.5. The quantitative estimate of drug-likeness (QED) is 0.280. The van der Waals surface area contributed by atoms with E-state index in [9.17, 15) is 4.79 Å². The van der Waals surface area contributed by atoms with Crippen molar-refractivity contribution in [2.75, 3.05) is 0 Å². The number of halogens is 1. The Labute approximate surface area is 195 Å². The lowest BCUT2D eigenvalue weighted by Gasteiger charge is -2.20. The Balaban J connectivity index is 1.90. The van der Waals surface area contributed by atoms with E-state index >= 15 is 0 Å². The summed E-state index contributed by atoms with van der Waals surface area (Å²) in [6.07, 6.45) is 7.56. The van der Waals surface area contributed by atoms with Crippen molar-refractivity contribution in [3.63, 3.8) is 0 Å². The first-order chi connectivity index (χ1) is 15.5. The maximum atomic E-state index is 11.3. The zero-order valence-corrected chi connectivity index (χ0v) is 19.5. The monoisotopic (exact) mass is 438 g/mol. The van der Waals surface area contributed by atoms with Crippen molar-refractivity contribution < 1.29 is 4.79 Å². The SMILES string of the molecule is CC/C(=C(\C1=Cc2ccccc2C1)c1ccc(/C=C/C(C)=O)cc1)c1c(C)cccc1Cl. The molecule has 0 radical (unpaired) electrons. The Kier molecular flexibility index (Phi) is 6.58. The van der Waals surface area contributed by atoms with E-state index < -0.39 is 0 Å². The topological polar surface area (TPSA) is 17.1 Å². The van der Waals surface area contributed by atoms with Crippen molar-refractivity contribution in [2.45, 2.75) is 33.6 Å². The highest BCUT2D eigenvalue weighted by Crippen LogP contribution is 2.42. The van der Waals surface area contributed by atoms with Gasteiger partial charge in [0.25, 0.3) is 0 Å². The van der Waals surface area contributed by atoms with Gasteiger partial charge in [0, 0.05) is 5.02 Å². The smallest absolute Gasteiger partial charge is 0.152 e. The van der Waals surface area contributed by atoms with Gasteiger partial charge in [-0.1, -0.05) is 91.3 Å². The molecule has 32 heavy (non-hydrogen) atoms. The van der Waals surface area contributed by atoms with E-state index in [1.807, 2.05) is 18.2 Å². The standard InChI is InChI=1S/C30H27ClO/c1-4-27(29-20(2)8-7-11-28(29)31)30(26-18-24-9-5-6-10-25(24)19-26)23-16-14-22(15-17-23)13-12-21(3)32/h5-18H,4,19H2,1-3H3/b13-12+,30-27+. The molecule has 0 aliphatic heterocycles. The minimum absolute atomic E-state index is 0.0472. The number of allylic oxidation sites excluding steroid dienone is 4. The van der Waals surface area contributed by atoms with Crippen LogP contribution in [-0.2, 0) is 11.2 Å². The van der Waals surface area contributed by atoms with Gasteiger partial charge in [-0.15, -0.1) is 0 Å². The Morgan fingerprint density at radius 3 is 2.41 bits per heavy atom. The fraction of sp³-hybridized carbons (Fsp3) is 0.167. The molecular weight excluding hydrogens is 412 g/mol. The maximum absolute atomic E-state index is 11.3. The van der Waals surface area contributed by atoms with Gasteiger partial charge in [-0.25, -0.2) is 0 Å². The molecule has 2 heteroatoms. The molecule has 0 atom stereocenters. The van der Waals surface area contributed by atoms with Gasteiger partial charge in [0.15, 0.2) is 5.78 Å². The van der Waals surface area contributed by atoms with Gasteiger partial charge >= 0.3 is 0 Å². The van der Waals surface area contributed by atoms with Gasteiger partial charge in [-0.05, 0) is 88.9 Å². The van der Waals surface area contributed by atoms with Crippen LogP contribution in [0.2, 0.25) is 5.02 Å². The van der Waals surface area contributed by atoms with Gasteiger partial charge in [0.1, 0.15) is 0 Å². The molecule has 0 fully saturated rings. The van der Waals surface area contributed by atoms with Gasteiger partial charge in [-0.2, -0.15) is 0 Å². The van der Waals surface area contributed by atoms with E-state index in [-0.39, 0.29) is 5.78 Å². The first-order valence-corrected chi connectivity index (χ1v) is 11.4. The predicted octanol–water partition coefficient (Wildman–Crippen LogP) is 8.21. The third-order valence-corrected chi connectivity index (χ3v) is 6.29. The lowest BCUT2D eigenvalue weighted by molar-refractivity contribution is -0.112. The number of carbonyl (C=O) groups excluding carboxylic acids is 1. The highest BCUT2D eigenvalue weighted by Gasteiger charge is 2.22. The van der Waals surface area contributed by atoms with Crippen molar-refractivity contribution in [2.24, 2.45) is 0 Å². The molecule has 0 saturated carbocycles. The van der Waals surface area contributed by atoms with Crippen molar-refractivity contribution in [3.05, 3.63) is 117 Å². The number of rotatable bonds is 6. The fourth-order valence-electron chi connectivity index (χ4n) is 4.46. The summed E-state index contributed by atoms with van der Waals surface area (Å²) < 4.78 is 0. The van der Waals surface area contributed by atoms with Crippen LogP contribution in [-0.4, -0.2) is 5.78 Å². The van der Waals surface area contributed by atoms with E-state index in [1.54, 1.807) is 13.0 Å². The molecule has 0 bridgehead atoms. The minimum atomic E-state index is 0.0472. The van der Waals surface area contributed by atoms with Crippen LogP contribution >= 0.6 is 11.6 Å². The molecule has 4 rings (SSSR count). The summed E-state index contributed by atoms with van der Waals surface area (Å²) in [5, 5.41) is 0.788. The molecule has 0 heterocycles. The van der Waals surface area contributed by atoms with E-state index in [4.69, 9.17) is 11.6 Å². The van der Waals surface area contributed by atoms with Crippen LogP contribution in [0.25, 0.3) is 23.3 Å². The third-order valence-electron chi connectivity index (χ3n) is 5.98. The number of ketones is 1. The average Bonchev–Trinajstić information content (AvgIpc) is 3.21. The van der Waals surface area contributed by atoms with Gasteiger partial charge in [-0.3, -0.25) is 4.79 Å². The summed E-state index contributed by atoms with van der Waals surface area (Å²) in [6.45, 7) is 5.89. The van der Waals surface area contributed by atoms with Crippen molar-refractivity contribution in [1.29, 1.82) is 0 Å². The van der Waals surface area contributed by atoms with E-state index in [0.717, 1.165) is 29.0 Å². The molecule has 0 N–H and O–H groups in total. The van der Waals surface area contributed by atoms with E-state index in [1.165, 1.54) is 39.0 Å². The summed E-state index contributed by atoms with van der Waals surface area (Å²) >= 11 is 6.73. The second-order valence-electron chi connectivity index (χ2n) is 8.25. The molecule has 3 aromatic carbocycles. The molecule has 0 saturated heterocycles. The van der Waals surface area contributed by atoms with Crippen LogP contribution in [0.5, 0.6) is 0 Å². The Hall–Kier alpha value is -3.16. The number of benzene rings is 3. The summed E-state index contributed by atoms with van der Waals surface area (Å²) in [6, 6.07) is 23.2. The maximum Gasteiger partial charge on any atom is 0.152 e. The first-order valence-electron chi connectivity index (χ1n) is 11.0. The molecule has 1 nitrogen and oxygen atoms in total. The number of aryl methyl sites for hydroxylation is 1.